The van der Waals surface area contributed by atoms with Crippen molar-refractivity contribution in [1.82, 2.24) is 14.7 Å². The zero-order chi connectivity index (χ0) is 18.8. The quantitative estimate of drug-likeness (QED) is 0.840. The van der Waals surface area contributed by atoms with Gasteiger partial charge >= 0.3 is 0 Å². The molecule has 3 rings (SSSR count). The Labute approximate surface area is 152 Å². The van der Waals surface area contributed by atoms with E-state index in [2.05, 4.69) is 18.9 Å². The van der Waals surface area contributed by atoms with Crippen LogP contribution in [-0.4, -0.2) is 46.8 Å². The summed E-state index contributed by atoms with van der Waals surface area (Å²) in [5.74, 6) is -0.751. The minimum atomic E-state index is -0.589. The highest BCUT2D eigenvalue weighted by Crippen LogP contribution is 2.22. The molecule has 26 heavy (non-hydrogen) atoms. The van der Waals surface area contributed by atoms with Crippen molar-refractivity contribution in [2.45, 2.75) is 20.3 Å². The fraction of sp³-hybridized carbons (Fsp3) is 0.474. The van der Waals surface area contributed by atoms with Crippen LogP contribution in [0, 0.1) is 17.6 Å². The molecule has 2 aromatic rings. The minimum Gasteiger partial charge on any atom is -0.366 e. The number of aryl methyl sites for hydroxylation is 1. The van der Waals surface area contributed by atoms with Gasteiger partial charge in [0.15, 0.2) is 0 Å². The van der Waals surface area contributed by atoms with E-state index < -0.39 is 11.6 Å². The minimum absolute atomic E-state index is 0.0609. The summed E-state index contributed by atoms with van der Waals surface area (Å²) >= 11 is 0. The SMILES string of the molecule is CC(C)Cc1cc(C(=O)N2CCN(c3ccc(F)cc3F)CC2)n(C)n1. The molecule has 0 atom stereocenters. The monoisotopic (exact) mass is 362 g/mol. The average molecular weight is 362 g/mol. The smallest absolute Gasteiger partial charge is 0.272 e. The molecule has 1 aliphatic heterocycles. The lowest BCUT2D eigenvalue weighted by Crippen LogP contribution is -2.49. The Kier molecular flexibility index (Phi) is 5.25. The number of aromatic nitrogens is 2. The number of hydrogen-bond donors (Lipinski definition) is 0. The summed E-state index contributed by atoms with van der Waals surface area (Å²) in [5.41, 5.74) is 1.86. The molecule has 0 radical (unpaired) electrons. The van der Waals surface area contributed by atoms with Gasteiger partial charge in [-0.25, -0.2) is 8.78 Å². The highest BCUT2D eigenvalue weighted by atomic mass is 19.1. The van der Waals surface area contributed by atoms with Crippen molar-refractivity contribution < 1.29 is 13.6 Å². The lowest BCUT2D eigenvalue weighted by atomic mass is 10.1. The van der Waals surface area contributed by atoms with Crippen molar-refractivity contribution in [3.63, 3.8) is 0 Å². The number of carbonyl (C=O) groups excluding carboxylic acids is 1. The number of hydrogen-bond acceptors (Lipinski definition) is 3. The highest BCUT2D eigenvalue weighted by molar-refractivity contribution is 5.92. The first kappa shape index (κ1) is 18.4. The van der Waals surface area contributed by atoms with E-state index in [0.717, 1.165) is 18.2 Å². The number of halogens is 2. The van der Waals surface area contributed by atoms with Crippen LogP contribution in [0.3, 0.4) is 0 Å². The molecule has 7 heteroatoms. The van der Waals surface area contributed by atoms with Gasteiger partial charge in [-0.15, -0.1) is 0 Å². The molecular weight excluding hydrogens is 338 g/mol. The van der Waals surface area contributed by atoms with Gasteiger partial charge in [-0.3, -0.25) is 9.48 Å². The van der Waals surface area contributed by atoms with Gasteiger partial charge in [0.25, 0.3) is 5.91 Å². The van der Waals surface area contributed by atoms with Gasteiger partial charge in [0.1, 0.15) is 17.3 Å². The van der Waals surface area contributed by atoms with Gasteiger partial charge < -0.3 is 9.80 Å². The van der Waals surface area contributed by atoms with E-state index in [1.54, 1.807) is 16.6 Å². The third-order valence-electron chi connectivity index (χ3n) is 4.58. The van der Waals surface area contributed by atoms with Crippen LogP contribution in [0.1, 0.15) is 30.0 Å². The molecule has 1 amide bonds. The van der Waals surface area contributed by atoms with E-state index in [4.69, 9.17) is 0 Å². The van der Waals surface area contributed by atoms with Crippen molar-refractivity contribution in [3.8, 4) is 0 Å². The predicted octanol–water partition coefficient (Wildman–Crippen LogP) is 2.86. The first-order valence-electron chi connectivity index (χ1n) is 8.87. The number of anilines is 1. The summed E-state index contributed by atoms with van der Waals surface area (Å²) < 4.78 is 28.6. The molecule has 0 unspecified atom stereocenters. The molecule has 0 N–H and O–H groups in total. The predicted molar refractivity (Wildman–Crippen MR) is 96.2 cm³/mol. The molecule has 0 bridgehead atoms. The average Bonchev–Trinajstić information content (AvgIpc) is 2.94. The summed E-state index contributed by atoms with van der Waals surface area (Å²) in [6.07, 6.45) is 0.832. The van der Waals surface area contributed by atoms with Crippen LogP contribution < -0.4 is 4.90 Å². The standard InChI is InChI=1S/C19H24F2N4O/c1-13(2)10-15-12-18(23(3)22-15)19(26)25-8-6-24(7-9-25)17-5-4-14(20)11-16(17)21/h4-5,11-13H,6-10H2,1-3H3. The van der Waals surface area contributed by atoms with Gasteiger partial charge in [0, 0.05) is 39.3 Å². The molecule has 1 saturated heterocycles. The zero-order valence-electron chi connectivity index (χ0n) is 15.4. The van der Waals surface area contributed by atoms with Crippen molar-refractivity contribution >= 4 is 11.6 Å². The molecule has 1 aromatic heterocycles. The largest absolute Gasteiger partial charge is 0.366 e. The van der Waals surface area contributed by atoms with E-state index in [1.807, 2.05) is 11.0 Å². The Hall–Kier alpha value is -2.44. The molecular formula is C19H24F2N4O. The maximum Gasteiger partial charge on any atom is 0.272 e. The van der Waals surface area contributed by atoms with Crippen LogP contribution in [0.15, 0.2) is 24.3 Å². The molecule has 0 aliphatic carbocycles. The van der Waals surface area contributed by atoms with Gasteiger partial charge in [-0.05, 0) is 30.5 Å². The zero-order valence-corrected chi connectivity index (χ0v) is 15.4. The Morgan fingerprint density at radius 3 is 2.46 bits per heavy atom. The molecule has 1 aliphatic rings. The van der Waals surface area contributed by atoms with Gasteiger partial charge in [0.2, 0.25) is 0 Å². The van der Waals surface area contributed by atoms with Crippen molar-refractivity contribution in [1.29, 1.82) is 0 Å². The second kappa shape index (κ2) is 7.43. The second-order valence-corrected chi connectivity index (χ2v) is 7.12. The number of piperazine rings is 1. The van der Waals surface area contributed by atoms with Crippen LogP contribution in [0.25, 0.3) is 0 Å². The van der Waals surface area contributed by atoms with Gasteiger partial charge in [-0.2, -0.15) is 5.10 Å². The number of carbonyl (C=O) groups is 1. The first-order valence-corrected chi connectivity index (χ1v) is 8.87. The summed E-state index contributed by atoms with van der Waals surface area (Å²) in [4.78, 5) is 16.4. The Bertz CT molecular complexity index is 795. The third-order valence-corrected chi connectivity index (χ3v) is 4.58. The number of nitrogens with zero attached hydrogens (tertiary/aromatic N) is 4. The maximum atomic E-state index is 13.9. The first-order chi connectivity index (χ1) is 12.3. The van der Waals surface area contributed by atoms with Crippen molar-refractivity contribution in [2.24, 2.45) is 13.0 Å². The molecule has 0 spiro atoms. The van der Waals surface area contributed by atoms with Crippen LogP contribution in [0.4, 0.5) is 14.5 Å². The lowest BCUT2D eigenvalue weighted by molar-refractivity contribution is 0.0735. The van der Waals surface area contributed by atoms with E-state index in [1.165, 1.54) is 12.1 Å². The topological polar surface area (TPSA) is 41.4 Å². The molecule has 140 valence electrons. The summed E-state index contributed by atoms with van der Waals surface area (Å²) in [5, 5.41) is 4.42. The maximum absolute atomic E-state index is 13.9. The summed E-state index contributed by atoms with van der Waals surface area (Å²) in [6, 6.07) is 5.44. The molecule has 1 aromatic carbocycles. The Morgan fingerprint density at radius 2 is 1.85 bits per heavy atom. The van der Waals surface area contributed by atoms with Crippen molar-refractivity contribution in [3.05, 3.63) is 47.3 Å². The molecule has 2 heterocycles. The van der Waals surface area contributed by atoms with Gasteiger partial charge in [0.05, 0.1) is 11.4 Å². The molecule has 5 nitrogen and oxygen atoms in total. The fourth-order valence-corrected chi connectivity index (χ4v) is 3.29. The van der Waals surface area contributed by atoms with Crippen LogP contribution in [0.2, 0.25) is 0 Å². The van der Waals surface area contributed by atoms with E-state index in [-0.39, 0.29) is 5.91 Å². The van der Waals surface area contributed by atoms with Crippen molar-refractivity contribution in [2.75, 3.05) is 31.1 Å². The van der Waals surface area contributed by atoms with Gasteiger partial charge in [-0.1, -0.05) is 13.8 Å². The summed E-state index contributed by atoms with van der Waals surface area (Å²) in [7, 11) is 1.78. The van der Waals surface area contributed by atoms with E-state index in [9.17, 15) is 13.6 Å². The lowest BCUT2D eigenvalue weighted by Gasteiger charge is -2.36. The Balaban J connectivity index is 1.66. The molecule has 0 saturated carbocycles. The third kappa shape index (κ3) is 3.86. The fourth-order valence-electron chi connectivity index (χ4n) is 3.29. The second-order valence-electron chi connectivity index (χ2n) is 7.12. The Morgan fingerprint density at radius 1 is 1.15 bits per heavy atom. The number of rotatable bonds is 4. The summed E-state index contributed by atoms with van der Waals surface area (Å²) in [6.45, 7) is 6.21. The van der Waals surface area contributed by atoms with E-state index >= 15 is 0 Å². The normalized spacial score (nSPS) is 15.0. The highest BCUT2D eigenvalue weighted by Gasteiger charge is 2.26. The number of amides is 1. The molecule has 1 fully saturated rings. The number of benzene rings is 1. The van der Waals surface area contributed by atoms with Crippen LogP contribution in [0.5, 0.6) is 0 Å². The van der Waals surface area contributed by atoms with E-state index in [0.29, 0.717) is 43.5 Å². The van der Waals surface area contributed by atoms with Crippen LogP contribution >= 0.6 is 0 Å². The van der Waals surface area contributed by atoms with Crippen LogP contribution in [-0.2, 0) is 13.5 Å².